The van der Waals surface area contributed by atoms with E-state index in [1.165, 1.54) is 5.56 Å². The zero-order valence-electron chi connectivity index (χ0n) is 17.6. The minimum Gasteiger partial charge on any atom is -0.495 e. The van der Waals surface area contributed by atoms with Crippen molar-refractivity contribution in [2.24, 2.45) is 0 Å². The molecule has 4 rings (SSSR count). The van der Waals surface area contributed by atoms with Crippen LogP contribution in [0.2, 0.25) is 0 Å². The summed E-state index contributed by atoms with van der Waals surface area (Å²) in [5, 5.41) is 5.76. The number of para-hydroxylation sites is 3. The number of carbonyl (C=O) groups excluding carboxylic acids is 2. The van der Waals surface area contributed by atoms with Crippen LogP contribution in [0, 0.1) is 0 Å². The van der Waals surface area contributed by atoms with Crippen molar-refractivity contribution in [1.29, 1.82) is 0 Å². The van der Waals surface area contributed by atoms with Crippen LogP contribution in [0.1, 0.15) is 22.8 Å². The molecule has 1 heterocycles. The highest BCUT2D eigenvalue weighted by Gasteiger charge is 2.27. The van der Waals surface area contributed by atoms with Crippen LogP contribution in [0.4, 0.5) is 17.1 Å². The maximum atomic E-state index is 12.6. The Bertz CT molecular complexity index is 1100. The summed E-state index contributed by atoms with van der Waals surface area (Å²) in [7, 11) is 1.56. The Hall–Kier alpha value is -3.80. The number of nitrogens with one attached hydrogen (secondary N) is 2. The molecule has 158 valence electrons. The SMILES string of the molecule is COc1ccccc1NC(=O)c1ccc(NC(=O)CN2c3ccccc3C[C@H]2C)cc1. The fourth-order valence-electron chi connectivity index (χ4n) is 3.87. The first-order valence-electron chi connectivity index (χ1n) is 10.2. The first kappa shape index (κ1) is 20.5. The van der Waals surface area contributed by atoms with Gasteiger partial charge in [0.15, 0.2) is 0 Å². The van der Waals surface area contributed by atoms with Crippen molar-refractivity contribution >= 4 is 28.9 Å². The predicted molar refractivity (Wildman–Crippen MR) is 123 cm³/mol. The molecular formula is C25H25N3O3. The van der Waals surface area contributed by atoms with Gasteiger partial charge in [0.1, 0.15) is 5.75 Å². The van der Waals surface area contributed by atoms with E-state index in [1.54, 1.807) is 43.5 Å². The third-order valence-corrected chi connectivity index (χ3v) is 5.45. The molecule has 3 aromatic carbocycles. The van der Waals surface area contributed by atoms with Gasteiger partial charge in [0.25, 0.3) is 5.91 Å². The second kappa shape index (κ2) is 8.92. The second-order valence-electron chi connectivity index (χ2n) is 7.59. The number of amides is 2. The largest absolute Gasteiger partial charge is 0.495 e. The number of rotatable bonds is 6. The van der Waals surface area contributed by atoms with Gasteiger partial charge in [-0.2, -0.15) is 0 Å². The van der Waals surface area contributed by atoms with Crippen molar-refractivity contribution in [3.8, 4) is 5.75 Å². The minimum atomic E-state index is -0.245. The average Bonchev–Trinajstić information content (AvgIpc) is 3.09. The maximum absolute atomic E-state index is 12.6. The van der Waals surface area contributed by atoms with E-state index in [9.17, 15) is 9.59 Å². The van der Waals surface area contributed by atoms with Crippen LogP contribution in [-0.4, -0.2) is 31.5 Å². The van der Waals surface area contributed by atoms with Crippen LogP contribution < -0.4 is 20.3 Å². The molecule has 6 nitrogen and oxygen atoms in total. The molecule has 31 heavy (non-hydrogen) atoms. The summed E-state index contributed by atoms with van der Waals surface area (Å²) in [5.41, 5.74) is 4.14. The summed E-state index contributed by atoms with van der Waals surface area (Å²) in [5.74, 6) is 0.261. The highest BCUT2D eigenvalue weighted by atomic mass is 16.5. The summed E-state index contributed by atoms with van der Waals surface area (Å²) in [6, 6.07) is 22.6. The molecule has 0 aromatic heterocycles. The van der Waals surface area contributed by atoms with Gasteiger partial charge in [-0.1, -0.05) is 30.3 Å². The van der Waals surface area contributed by atoms with Crippen molar-refractivity contribution in [3.05, 3.63) is 83.9 Å². The molecule has 0 spiro atoms. The van der Waals surface area contributed by atoms with Crippen molar-refractivity contribution in [2.45, 2.75) is 19.4 Å². The average molecular weight is 415 g/mol. The van der Waals surface area contributed by atoms with Crippen LogP contribution in [0.5, 0.6) is 5.75 Å². The molecular weight excluding hydrogens is 390 g/mol. The van der Waals surface area contributed by atoms with Crippen molar-refractivity contribution in [1.82, 2.24) is 0 Å². The topological polar surface area (TPSA) is 70.7 Å². The van der Waals surface area contributed by atoms with E-state index in [-0.39, 0.29) is 24.4 Å². The molecule has 0 radical (unpaired) electrons. The summed E-state index contributed by atoms with van der Waals surface area (Å²) < 4.78 is 5.26. The first-order valence-corrected chi connectivity index (χ1v) is 10.2. The van der Waals surface area contributed by atoms with Crippen molar-refractivity contribution in [2.75, 3.05) is 29.2 Å². The normalized spacial score (nSPS) is 14.6. The molecule has 1 aliphatic heterocycles. The molecule has 2 N–H and O–H groups in total. The van der Waals surface area contributed by atoms with E-state index in [4.69, 9.17) is 4.74 Å². The van der Waals surface area contributed by atoms with Gasteiger partial charge in [-0.25, -0.2) is 0 Å². The maximum Gasteiger partial charge on any atom is 0.255 e. The number of methoxy groups -OCH3 is 1. The van der Waals surface area contributed by atoms with Crippen LogP contribution >= 0.6 is 0 Å². The molecule has 2 amide bonds. The Kier molecular flexibility index (Phi) is 5.89. The van der Waals surface area contributed by atoms with Gasteiger partial charge in [-0.3, -0.25) is 9.59 Å². The highest BCUT2D eigenvalue weighted by Crippen LogP contribution is 2.31. The van der Waals surface area contributed by atoms with Crippen LogP contribution in [0.25, 0.3) is 0 Å². The van der Waals surface area contributed by atoms with E-state index < -0.39 is 0 Å². The molecule has 0 saturated heterocycles. The van der Waals surface area contributed by atoms with E-state index in [1.807, 2.05) is 24.3 Å². The molecule has 0 unspecified atom stereocenters. The lowest BCUT2D eigenvalue weighted by atomic mass is 10.1. The van der Waals surface area contributed by atoms with E-state index >= 15 is 0 Å². The van der Waals surface area contributed by atoms with Gasteiger partial charge in [0.05, 0.1) is 19.3 Å². The summed E-state index contributed by atoms with van der Waals surface area (Å²) in [4.78, 5) is 27.3. The lowest BCUT2D eigenvalue weighted by molar-refractivity contribution is -0.115. The molecule has 0 aliphatic carbocycles. The van der Waals surface area contributed by atoms with Gasteiger partial charge >= 0.3 is 0 Å². The Balaban J connectivity index is 1.37. The molecule has 6 heteroatoms. The van der Waals surface area contributed by atoms with Crippen LogP contribution in [0.15, 0.2) is 72.8 Å². The molecule has 3 aromatic rings. The zero-order chi connectivity index (χ0) is 21.8. The van der Waals surface area contributed by atoms with Gasteiger partial charge in [0, 0.05) is 23.0 Å². The predicted octanol–water partition coefficient (Wildman–Crippen LogP) is 4.34. The van der Waals surface area contributed by atoms with Gasteiger partial charge in [0.2, 0.25) is 5.91 Å². The summed E-state index contributed by atoms with van der Waals surface area (Å²) >= 11 is 0. The van der Waals surface area contributed by atoms with E-state index in [0.29, 0.717) is 22.7 Å². The van der Waals surface area contributed by atoms with Crippen LogP contribution in [0.3, 0.4) is 0 Å². The second-order valence-corrected chi connectivity index (χ2v) is 7.59. The number of hydrogen-bond acceptors (Lipinski definition) is 4. The van der Waals surface area contributed by atoms with Gasteiger partial charge in [-0.15, -0.1) is 0 Å². The number of fused-ring (bicyclic) bond motifs is 1. The smallest absolute Gasteiger partial charge is 0.255 e. The Morgan fingerprint density at radius 3 is 2.45 bits per heavy atom. The summed E-state index contributed by atoms with van der Waals surface area (Å²) in [6.45, 7) is 2.41. The summed E-state index contributed by atoms with van der Waals surface area (Å²) in [6.07, 6.45) is 0.944. The Labute approximate surface area is 181 Å². The standard InChI is InChI=1S/C25H25N3O3/c1-17-15-19-7-3-5-9-22(19)28(17)16-24(29)26-20-13-11-18(12-14-20)25(30)27-21-8-4-6-10-23(21)31-2/h3-14,17H,15-16H2,1-2H3,(H,26,29)(H,27,30)/t17-/m1/s1. The number of anilines is 3. The first-order chi connectivity index (χ1) is 15.0. The quantitative estimate of drug-likeness (QED) is 0.628. The lowest BCUT2D eigenvalue weighted by Crippen LogP contribution is -2.37. The Morgan fingerprint density at radius 2 is 1.68 bits per heavy atom. The lowest BCUT2D eigenvalue weighted by Gasteiger charge is -2.24. The fraction of sp³-hybridized carbons (Fsp3) is 0.200. The minimum absolute atomic E-state index is 0.0882. The Morgan fingerprint density at radius 1 is 0.968 bits per heavy atom. The molecule has 0 fully saturated rings. The molecule has 0 bridgehead atoms. The number of ether oxygens (including phenoxy) is 1. The van der Waals surface area contributed by atoms with Crippen LogP contribution in [-0.2, 0) is 11.2 Å². The van der Waals surface area contributed by atoms with Gasteiger partial charge in [-0.05, 0) is 61.4 Å². The number of hydrogen-bond donors (Lipinski definition) is 2. The fourth-order valence-corrected chi connectivity index (χ4v) is 3.87. The number of benzene rings is 3. The van der Waals surface area contributed by atoms with E-state index in [0.717, 1.165) is 12.1 Å². The zero-order valence-corrected chi connectivity index (χ0v) is 17.6. The molecule has 1 atom stereocenters. The molecule has 0 saturated carbocycles. The van der Waals surface area contributed by atoms with Gasteiger partial charge < -0.3 is 20.3 Å². The van der Waals surface area contributed by atoms with Crippen molar-refractivity contribution < 1.29 is 14.3 Å². The third-order valence-electron chi connectivity index (χ3n) is 5.45. The van der Waals surface area contributed by atoms with E-state index in [2.05, 4.69) is 34.6 Å². The number of carbonyl (C=O) groups is 2. The monoisotopic (exact) mass is 415 g/mol. The van der Waals surface area contributed by atoms with Crippen molar-refractivity contribution in [3.63, 3.8) is 0 Å². The highest BCUT2D eigenvalue weighted by molar-refractivity contribution is 6.05. The molecule has 1 aliphatic rings. The third kappa shape index (κ3) is 4.53. The number of nitrogens with zero attached hydrogens (tertiary/aromatic N) is 1.